The Kier molecular flexibility index (Phi) is 11.8. The smallest absolute Gasteiger partial charge is 0.229 e. The van der Waals surface area contributed by atoms with Crippen LogP contribution in [0.5, 0.6) is 34.5 Å². The highest BCUT2D eigenvalue weighted by molar-refractivity contribution is 5.56. The summed E-state index contributed by atoms with van der Waals surface area (Å²) in [7, 11) is 5.66. The SMILES string of the molecule is COc1cc([C@@H]2OC[C@H]3[C@H]2CO[C@H]3c2cc(OC)c(O[C@@H]3O[C@H](CO)[C@@H](O)[C@H](O)[C@H]3O)c(OC)c2)cc(OC)c1O[C@@H]1O[C@H](CO)[C@@H](O)[C@H](O)[C@H]1O. The molecule has 4 aliphatic heterocycles. The van der Waals surface area contributed by atoms with E-state index in [4.69, 9.17) is 47.4 Å². The zero-order chi connectivity index (χ0) is 37.4. The highest BCUT2D eigenvalue weighted by Crippen LogP contribution is 2.54. The minimum absolute atomic E-state index is 0.0541. The molecule has 0 radical (unpaired) electrons. The van der Waals surface area contributed by atoms with Crippen LogP contribution in [0.15, 0.2) is 24.3 Å². The molecule has 18 nitrogen and oxygen atoms in total. The van der Waals surface area contributed by atoms with E-state index in [1.807, 2.05) is 0 Å². The molecule has 0 spiro atoms. The Hall–Kier alpha value is -3.24. The van der Waals surface area contributed by atoms with Crippen molar-refractivity contribution in [1.29, 1.82) is 0 Å². The van der Waals surface area contributed by atoms with Crippen molar-refractivity contribution in [1.82, 2.24) is 0 Å². The van der Waals surface area contributed by atoms with E-state index < -0.39 is 86.8 Å². The first-order valence-electron chi connectivity index (χ1n) is 16.7. The topological polar surface area (TPSA) is 254 Å². The molecular weight excluding hydrogens is 696 g/mol. The van der Waals surface area contributed by atoms with Crippen molar-refractivity contribution < 1.29 is 88.2 Å². The maximum absolute atomic E-state index is 10.5. The molecule has 4 saturated heterocycles. The van der Waals surface area contributed by atoms with Gasteiger partial charge in [-0.25, -0.2) is 0 Å². The van der Waals surface area contributed by atoms with E-state index in [9.17, 15) is 40.9 Å². The molecule has 2 aromatic rings. The molecule has 18 heteroatoms. The summed E-state index contributed by atoms with van der Waals surface area (Å²) in [6.45, 7) is -0.604. The lowest BCUT2D eigenvalue weighted by Crippen LogP contribution is -2.60. The number of methoxy groups -OCH3 is 4. The molecule has 4 heterocycles. The Labute approximate surface area is 298 Å². The van der Waals surface area contributed by atoms with Gasteiger partial charge in [0.25, 0.3) is 0 Å². The summed E-state index contributed by atoms with van der Waals surface area (Å²) in [5.41, 5.74) is 1.37. The molecule has 0 bridgehead atoms. The summed E-state index contributed by atoms with van der Waals surface area (Å²) in [6.07, 6.45) is -15.9. The van der Waals surface area contributed by atoms with Crippen LogP contribution in [-0.4, -0.2) is 157 Å². The van der Waals surface area contributed by atoms with Crippen LogP contribution in [0.25, 0.3) is 0 Å². The molecule has 4 aliphatic rings. The molecule has 0 aliphatic carbocycles. The second-order valence-electron chi connectivity index (χ2n) is 13.0. The van der Waals surface area contributed by atoms with Gasteiger partial charge in [0.2, 0.25) is 24.1 Å². The fourth-order valence-corrected chi connectivity index (χ4v) is 7.16. The van der Waals surface area contributed by atoms with Gasteiger partial charge in [-0.1, -0.05) is 0 Å². The maximum atomic E-state index is 10.5. The van der Waals surface area contributed by atoms with Crippen molar-refractivity contribution in [2.45, 2.75) is 73.6 Å². The number of rotatable bonds is 12. The van der Waals surface area contributed by atoms with Gasteiger partial charge in [0.05, 0.1) is 67.1 Å². The largest absolute Gasteiger partial charge is 0.493 e. The first-order valence-corrected chi connectivity index (χ1v) is 16.7. The molecule has 0 saturated carbocycles. The number of ether oxygens (including phenoxy) is 10. The Bertz CT molecular complexity index is 1360. The lowest BCUT2D eigenvalue weighted by Gasteiger charge is -2.39. The molecule has 52 heavy (non-hydrogen) atoms. The molecule has 0 unspecified atom stereocenters. The van der Waals surface area contributed by atoms with Gasteiger partial charge in [0, 0.05) is 11.8 Å². The quantitative estimate of drug-likeness (QED) is 0.119. The average molecular weight is 743 g/mol. The summed E-state index contributed by atoms with van der Waals surface area (Å²) in [4.78, 5) is 0. The number of hydrogen-bond acceptors (Lipinski definition) is 18. The second-order valence-corrected chi connectivity index (χ2v) is 13.0. The van der Waals surface area contributed by atoms with Gasteiger partial charge < -0.3 is 88.2 Å². The van der Waals surface area contributed by atoms with Gasteiger partial charge in [0.1, 0.15) is 48.8 Å². The van der Waals surface area contributed by atoms with Crippen molar-refractivity contribution in [2.24, 2.45) is 11.8 Å². The van der Waals surface area contributed by atoms with Gasteiger partial charge in [0.15, 0.2) is 23.0 Å². The number of hydrogen-bond donors (Lipinski definition) is 8. The highest BCUT2D eigenvalue weighted by Gasteiger charge is 2.50. The van der Waals surface area contributed by atoms with E-state index in [1.54, 1.807) is 24.3 Å². The predicted octanol–water partition coefficient (Wildman–Crippen LogP) is -1.85. The van der Waals surface area contributed by atoms with E-state index >= 15 is 0 Å². The normalized spacial score (nSPS) is 37.3. The monoisotopic (exact) mass is 742 g/mol. The molecular formula is C34H46O18. The van der Waals surface area contributed by atoms with Crippen LogP contribution in [0.2, 0.25) is 0 Å². The van der Waals surface area contributed by atoms with Crippen LogP contribution >= 0.6 is 0 Å². The minimum atomic E-state index is -1.65. The Balaban J connectivity index is 1.22. The molecule has 2 aromatic carbocycles. The lowest BCUT2D eigenvalue weighted by molar-refractivity contribution is -0.277. The van der Waals surface area contributed by atoms with Crippen LogP contribution in [-0.2, 0) is 18.9 Å². The zero-order valence-electron chi connectivity index (χ0n) is 28.9. The van der Waals surface area contributed by atoms with Gasteiger partial charge in [-0.15, -0.1) is 0 Å². The van der Waals surface area contributed by atoms with E-state index in [1.165, 1.54) is 28.4 Å². The average Bonchev–Trinajstić information content (AvgIpc) is 3.78. The van der Waals surface area contributed by atoms with E-state index in [-0.39, 0.29) is 46.3 Å². The van der Waals surface area contributed by atoms with Crippen LogP contribution in [0, 0.1) is 11.8 Å². The van der Waals surface area contributed by atoms with Gasteiger partial charge in [-0.3, -0.25) is 0 Å². The van der Waals surface area contributed by atoms with Crippen LogP contribution in [0.1, 0.15) is 23.3 Å². The molecule has 290 valence electrons. The summed E-state index contributed by atoms with van der Waals surface area (Å²) in [5, 5.41) is 81.0. The van der Waals surface area contributed by atoms with Crippen molar-refractivity contribution in [3.63, 3.8) is 0 Å². The van der Waals surface area contributed by atoms with Gasteiger partial charge in [-0.2, -0.15) is 0 Å². The summed E-state index contributed by atoms with van der Waals surface area (Å²) in [5.74, 6) is 0.683. The third kappa shape index (κ3) is 6.94. The van der Waals surface area contributed by atoms with Gasteiger partial charge in [-0.05, 0) is 35.4 Å². The Morgan fingerprint density at radius 2 is 0.846 bits per heavy atom. The maximum Gasteiger partial charge on any atom is 0.229 e. The van der Waals surface area contributed by atoms with Crippen LogP contribution in [0.3, 0.4) is 0 Å². The summed E-state index contributed by atoms with van der Waals surface area (Å²) >= 11 is 0. The lowest BCUT2D eigenvalue weighted by atomic mass is 9.84. The predicted molar refractivity (Wildman–Crippen MR) is 172 cm³/mol. The van der Waals surface area contributed by atoms with Gasteiger partial charge >= 0.3 is 0 Å². The number of aliphatic hydroxyl groups is 8. The van der Waals surface area contributed by atoms with E-state index in [2.05, 4.69) is 0 Å². The van der Waals surface area contributed by atoms with Crippen molar-refractivity contribution in [3.8, 4) is 34.5 Å². The fraction of sp³-hybridized carbons (Fsp3) is 0.647. The first-order chi connectivity index (χ1) is 25.0. The fourth-order valence-electron chi connectivity index (χ4n) is 7.16. The molecule has 0 aromatic heterocycles. The number of benzene rings is 2. The minimum Gasteiger partial charge on any atom is -0.493 e. The van der Waals surface area contributed by atoms with Crippen LogP contribution in [0.4, 0.5) is 0 Å². The van der Waals surface area contributed by atoms with Crippen molar-refractivity contribution in [2.75, 3.05) is 54.9 Å². The van der Waals surface area contributed by atoms with Crippen molar-refractivity contribution >= 4 is 0 Å². The molecule has 8 N–H and O–H groups in total. The first kappa shape index (κ1) is 38.5. The highest BCUT2D eigenvalue weighted by atomic mass is 16.7. The molecule has 4 fully saturated rings. The van der Waals surface area contributed by atoms with Crippen molar-refractivity contribution in [3.05, 3.63) is 35.4 Å². The third-order valence-electron chi connectivity index (χ3n) is 10.1. The second kappa shape index (κ2) is 16.0. The molecule has 0 amide bonds. The standard InChI is InChI=1S/C34H46O18/c1-43-17-5-13(6-18(44-2)31(17)51-33-27(41)25(39)23(37)21(9-35)49-33)29-15-11-48-30(16(15)12-47-29)14-7-19(45-3)32(20(8-14)46-4)52-34-28(42)26(40)24(38)22(10-36)50-34/h5-8,15-16,21-30,33-42H,9-12H2,1-4H3/t15-,16+,21-,22-,23-,24-,25+,26+,27-,28-,29+,30+,33+,34+/m1/s1. The summed E-state index contributed by atoms with van der Waals surface area (Å²) in [6, 6.07) is 6.78. The van der Waals surface area contributed by atoms with E-state index in [0.29, 0.717) is 24.3 Å². The Morgan fingerprint density at radius 3 is 1.13 bits per heavy atom. The van der Waals surface area contributed by atoms with Crippen LogP contribution < -0.4 is 28.4 Å². The summed E-state index contributed by atoms with van der Waals surface area (Å²) < 4.78 is 58.0. The Morgan fingerprint density at radius 1 is 0.519 bits per heavy atom. The molecule has 6 rings (SSSR count). The third-order valence-corrected chi connectivity index (χ3v) is 10.1. The zero-order valence-corrected chi connectivity index (χ0v) is 28.9. The number of fused-ring (bicyclic) bond motifs is 1. The van der Waals surface area contributed by atoms with E-state index in [0.717, 1.165) is 0 Å². The molecule has 14 atom stereocenters. The number of aliphatic hydroxyl groups excluding tert-OH is 8.